The Kier molecular flexibility index (Phi) is 3.36. The highest BCUT2D eigenvalue weighted by atomic mass is 19.2. The van der Waals surface area contributed by atoms with E-state index in [1.807, 2.05) is 23.9 Å². The minimum absolute atomic E-state index is 0.144. The van der Waals surface area contributed by atoms with Gasteiger partial charge < -0.3 is 9.88 Å². The van der Waals surface area contributed by atoms with E-state index in [-0.39, 0.29) is 5.69 Å². The lowest BCUT2D eigenvalue weighted by atomic mass is 10.1. The maximum absolute atomic E-state index is 13.1. The lowest BCUT2D eigenvalue weighted by molar-refractivity contribution is 0.102. The number of aryl methyl sites for hydroxylation is 1. The van der Waals surface area contributed by atoms with Gasteiger partial charge in [0.25, 0.3) is 5.91 Å². The molecule has 0 aliphatic heterocycles. The molecule has 1 amide bonds. The fourth-order valence-corrected chi connectivity index (χ4v) is 2.25. The van der Waals surface area contributed by atoms with Gasteiger partial charge in [0.1, 0.15) is 0 Å². The van der Waals surface area contributed by atoms with Crippen LogP contribution >= 0.6 is 0 Å². The predicted molar refractivity (Wildman–Crippen MR) is 77.2 cm³/mol. The fourth-order valence-electron chi connectivity index (χ4n) is 2.25. The third-order valence-electron chi connectivity index (χ3n) is 3.39. The van der Waals surface area contributed by atoms with Gasteiger partial charge in [-0.1, -0.05) is 0 Å². The molecule has 1 aromatic heterocycles. The summed E-state index contributed by atoms with van der Waals surface area (Å²) < 4.78 is 41.1. The third-order valence-corrected chi connectivity index (χ3v) is 3.39. The van der Waals surface area contributed by atoms with Gasteiger partial charge >= 0.3 is 0 Å². The molecule has 0 aliphatic rings. The number of fused-ring (bicyclic) bond motifs is 1. The molecule has 0 aliphatic carbocycles. The molecule has 0 fully saturated rings. The minimum Gasteiger partial charge on any atom is -0.351 e. The van der Waals surface area contributed by atoms with Crippen LogP contribution in [-0.4, -0.2) is 10.5 Å². The van der Waals surface area contributed by atoms with E-state index in [4.69, 9.17) is 0 Å². The van der Waals surface area contributed by atoms with Crippen molar-refractivity contribution in [2.75, 3.05) is 5.32 Å². The predicted octanol–water partition coefficient (Wildman–Crippen LogP) is 3.85. The topological polar surface area (TPSA) is 34.0 Å². The van der Waals surface area contributed by atoms with Gasteiger partial charge in [-0.3, -0.25) is 4.79 Å². The minimum atomic E-state index is -1.57. The highest BCUT2D eigenvalue weighted by molar-refractivity contribution is 6.06. The van der Waals surface area contributed by atoms with Crippen LogP contribution < -0.4 is 5.32 Å². The molecule has 2 aromatic carbocycles. The van der Waals surface area contributed by atoms with E-state index in [2.05, 4.69) is 5.32 Å². The Labute approximate surface area is 124 Å². The van der Waals surface area contributed by atoms with Crippen molar-refractivity contribution in [2.45, 2.75) is 0 Å². The maximum Gasteiger partial charge on any atom is 0.255 e. The zero-order valence-corrected chi connectivity index (χ0v) is 11.5. The molecule has 0 radical (unpaired) electrons. The van der Waals surface area contributed by atoms with Crippen molar-refractivity contribution in [1.29, 1.82) is 0 Å². The molecule has 112 valence electrons. The molecule has 0 saturated carbocycles. The summed E-state index contributed by atoms with van der Waals surface area (Å²) >= 11 is 0. The summed E-state index contributed by atoms with van der Waals surface area (Å²) in [7, 11) is 1.88. The molecular formula is C16H11F3N2O. The molecule has 22 heavy (non-hydrogen) atoms. The average molecular weight is 304 g/mol. The number of rotatable bonds is 2. The number of nitrogens with one attached hydrogen (secondary N) is 1. The molecule has 0 bridgehead atoms. The number of carbonyl (C=O) groups excluding carboxylic acids is 1. The number of aromatic nitrogens is 1. The molecule has 0 atom stereocenters. The largest absolute Gasteiger partial charge is 0.351 e. The van der Waals surface area contributed by atoms with E-state index in [9.17, 15) is 18.0 Å². The van der Waals surface area contributed by atoms with Gasteiger partial charge in [0.15, 0.2) is 17.5 Å². The first-order chi connectivity index (χ1) is 10.5. The van der Waals surface area contributed by atoms with Crippen molar-refractivity contribution in [3.05, 3.63) is 65.6 Å². The summed E-state index contributed by atoms with van der Waals surface area (Å²) in [6.07, 6.45) is 1.86. The summed E-state index contributed by atoms with van der Waals surface area (Å²) in [6.45, 7) is 0. The van der Waals surface area contributed by atoms with E-state index in [1.54, 1.807) is 18.2 Å². The first-order valence-corrected chi connectivity index (χ1v) is 6.46. The van der Waals surface area contributed by atoms with E-state index in [0.717, 1.165) is 23.0 Å². The molecule has 3 rings (SSSR count). The number of amides is 1. The van der Waals surface area contributed by atoms with Gasteiger partial charge in [-0.2, -0.15) is 0 Å². The molecule has 0 saturated heterocycles. The van der Waals surface area contributed by atoms with Crippen LogP contribution in [0.1, 0.15) is 10.4 Å². The smallest absolute Gasteiger partial charge is 0.255 e. The number of hydrogen-bond acceptors (Lipinski definition) is 1. The van der Waals surface area contributed by atoms with Crippen molar-refractivity contribution in [3.8, 4) is 0 Å². The number of halogens is 3. The van der Waals surface area contributed by atoms with Gasteiger partial charge in [-0.25, -0.2) is 13.2 Å². The van der Waals surface area contributed by atoms with Crippen molar-refractivity contribution in [2.24, 2.45) is 7.05 Å². The zero-order valence-electron chi connectivity index (χ0n) is 11.5. The summed E-state index contributed by atoms with van der Waals surface area (Å²) in [6, 6.07) is 8.36. The standard InChI is InChI=1S/C16H11F3N2O/c1-21-5-4-9-6-10(2-3-14(9)21)16(22)20-11-7-12(17)15(19)13(18)8-11/h2-8H,1H3,(H,20,22). The van der Waals surface area contributed by atoms with Crippen LogP contribution in [0.2, 0.25) is 0 Å². The SMILES string of the molecule is Cn1ccc2cc(C(=O)Nc3cc(F)c(F)c(F)c3)ccc21. The van der Waals surface area contributed by atoms with E-state index in [0.29, 0.717) is 5.56 Å². The van der Waals surface area contributed by atoms with Gasteiger partial charge in [0, 0.05) is 47.5 Å². The molecule has 0 unspecified atom stereocenters. The fraction of sp³-hybridized carbons (Fsp3) is 0.0625. The second-order valence-electron chi connectivity index (χ2n) is 4.91. The van der Waals surface area contributed by atoms with Crippen LogP contribution in [0.25, 0.3) is 10.9 Å². The van der Waals surface area contributed by atoms with Gasteiger partial charge in [0.2, 0.25) is 0 Å². The highest BCUT2D eigenvalue weighted by Crippen LogP contribution is 2.20. The Morgan fingerprint density at radius 2 is 1.73 bits per heavy atom. The Hall–Kier alpha value is -2.76. The summed E-state index contributed by atoms with van der Waals surface area (Å²) in [5.41, 5.74) is 1.15. The lowest BCUT2D eigenvalue weighted by Gasteiger charge is -2.07. The molecule has 1 heterocycles. The lowest BCUT2D eigenvalue weighted by Crippen LogP contribution is -2.12. The van der Waals surface area contributed by atoms with Gasteiger partial charge in [0.05, 0.1) is 0 Å². The monoisotopic (exact) mass is 304 g/mol. The molecule has 1 N–H and O–H groups in total. The van der Waals surface area contributed by atoms with Gasteiger partial charge in [-0.05, 0) is 24.3 Å². The van der Waals surface area contributed by atoms with Crippen molar-refractivity contribution >= 4 is 22.5 Å². The second kappa shape index (κ2) is 5.22. The van der Waals surface area contributed by atoms with E-state index >= 15 is 0 Å². The molecule has 6 heteroatoms. The van der Waals surface area contributed by atoms with Crippen LogP contribution in [0.4, 0.5) is 18.9 Å². The van der Waals surface area contributed by atoms with Crippen molar-refractivity contribution in [3.63, 3.8) is 0 Å². The summed E-state index contributed by atoms with van der Waals surface area (Å²) in [4.78, 5) is 12.1. The number of hydrogen-bond donors (Lipinski definition) is 1. The Bertz CT molecular complexity index is 863. The van der Waals surface area contributed by atoms with E-state index in [1.165, 1.54) is 0 Å². The number of anilines is 1. The van der Waals surface area contributed by atoms with Crippen LogP contribution in [0.5, 0.6) is 0 Å². The second-order valence-corrected chi connectivity index (χ2v) is 4.91. The summed E-state index contributed by atoms with van der Waals surface area (Å²) in [5, 5.41) is 3.21. The quantitative estimate of drug-likeness (QED) is 0.717. The Morgan fingerprint density at radius 1 is 1.05 bits per heavy atom. The Morgan fingerprint density at radius 3 is 2.41 bits per heavy atom. The zero-order chi connectivity index (χ0) is 15.9. The number of carbonyl (C=O) groups is 1. The molecule has 3 nitrogen and oxygen atoms in total. The van der Waals surface area contributed by atoms with Crippen molar-refractivity contribution < 1.29 is 18.0 Å². The molecular weight excluding hydrogens is 293 g/mol. The summed E-state index contributed by atoms with van der Waals surface area (Å²) in [5.74, 6) is -4.80. The maximum atomic E-state index is 13.1. The van der Waals surface area contributed by atoms with Crippen LogP contribution in [0.15, 0.2) is 42.6 Å². The Balaban J connectivity index is 1.89. The van der Waals surface area contributed by atoms with Crippen LogP contribution in [0, 0.1) is 17.5 Å². The van der Waals surface area contributed by atoms with Crippen LogP contribution in [0.3, 0.4) is 0 Å². The molecule has 0 spiro atoms. The average Bonchev–Trinajstić information content (AvgIpc) is 2.85. The first-order valence-electron chi connectivity index (χ1n) is 6.46. The third kappa shape index (κ3) is 2.43. The normalized spacial score (nSPS) is 10.9. The van der Waals surface area contributed by atoms with Crippen LogP contribution in [-0.2, 0) is 7.05 Å². The van der Waals surface area contributed by atoms with E-state index < -0.39 is 23.4 Å². The number of nitrogens with zero attached hydrogens (tertiary/aromatic N) is 1. The molecule has 3 aromatic rings. The van der Waals surface area contributed by atoms with Crippen molar-refractivity contribution in [1.82, 2.24) is 4.57 Å². The first kappa shape index (κ1) is 14.2. The van der Waals surface area contributed by atoms with Gasteiger partial charge in [-0.15, -0.1) is 0 Å². The number of benzene rings is 2. The highest BCUT2D eigenvalue weighted by Gasteiger charge is 2.13.